The van der Waals surface area contributed by atoms with Gasteiger partial charge in [-0.15, -0.1) is 0 Å². The molecular weight excluding hydrogens is 328 g/mol. The lowest BCUT2D eigenvalue weighted by Gasteiger charge is -2.13. The quantitative estimate of drug-likeness (QED) is 0.698. The van der Waals surface area contributed by atoms with E-state index in [0.29, 0.717) is 19.4 Å². The summed E-state index contributed by atoms with van der Waals surface area (Å²) in [7, 11) is 0. The number of rotatable bonds is 8. The summed E-state index contributed by atoms with van der Waals surface area (Å²) < 4.78 is 5.13. The average Bonchev–Trinajstić information content (AvgIpc) is 2.66. The van der Waals surface area contributed by atoms with E-state index < -0.39 is 6.09 Å². The van der Waals surface area contributed by atoms with E-state index in [1.54, 1.807) is 0 Å². The van der Waals surface area contributed by atoms with E-state index in [0.717, 1.165) is 28.8 Å². The van der Waals surface area contributed by atoms with Gasteiger partial charge >= 0.3 is 6.09 Å². The topological polar surface area (TPSA) is 67.4 Å². The van der Waals surface area contributed by atoms with Crippen molar-refractivity contribution in [2.24, 2.45) is 0 Å². The zero-order chi connectivity index (χ0) is 18.8. The molecule has 0 heterocycles. The predicted molar refractivity (Wildman–Crippen MR) is 103 cm³/mol. The minimum Gasteiger partial charge on any atom is -0.445 e. The van der Waals surface area contributed by atoms with Crippen LogP contribution in [0.3, 0.4) is 0 Å². The highest BCUT2D eigenvalue weighted by Gasteiger charge is 2.09. The molecule has 0 saturated carbocycles. The Morgan fingerprint density at radius 3 is 2.54 bits per heavy atom. The fraction of sp³-hybridized carbons (Fsp3) is 0.333. The Balaban J connectivity index is 1.66. The van der Waals surface area contributed by atoms with Gasteiger partial charge in [0.25, 0.3) is 0 Å². The summed E-state index contributed by atoms with van der Waals surface area (Å²) in [6, 6.07) is 15.5. The van der Waals surface area contributed by atoms with Crippen molar-refractivity contribution in [2.75, 3.05) is 11.9 Å². The van der Waals surface area contributed by atoms with E-state index in [4.69, 9.17) is 4.74 Å². The summed E-state index contributed by atoms with van der Waals surface area (Å²) in [5, 5.41) is 5.65. The van der Waals surface area contributed by atoms with Gasteiger partial charge in [0, 0.05) is 18.7 Å². The molecule has 0 aromatic heterocycles. The lowest BCUT2D eigenvalue weighted by molar-refractivity contribution is -0.116. The van der Waals surface area contributed by atoms with Gasteiger partial charge in [0.15, 0.2) is 0 Å². The first-order valence-electron chi connectivity index (χ1n) is 8.93. The maximum Gasteiger partial charge on any atom is 0.407 e. The summed E-state index contributed by atoms with van der Waals surface area (Å²) in [6.07, 6.45) is 1.30. The molecule has 26 heavy (non-hydrogen) atoms. The molecule has 0 aliphatic rings. The highest BCUT2D eigenvalue weighted by Crippen LogP contribution is 2.21. The molecule has 138 valence electrons. The summed E-state index contributed by atoms with van der Waals surface area (Å²) in [4.78, 5) is 23.8. The number of aryl methyl sites for hydroxylation is 2. The Kier molecular flexibility index (Phi) is 7.68. The minimum absolute atomic E-state index is 0.0477. The normalized spacial score (nSPS) is 10.2. The number of para-hydroxylation sites is 1. The Hall–Kier alpha value is -2.82. The summed E-state index contributed by atoms with van der Waals surface area (Å²) in [6.45, 7) is 4.68. The average molecular weight is 354 g/mol. The minimum atomic E-state index is -0.471. The van der Waals surface area contributed by atoms with Crippen LogP contribution in [0, 0.1) is 6.92 Å². The van der Waals surface area contributed by atoms with Gasteiger partial charge in [-0.05, 0) is 36.5 Å². The SMILES string of the molecule is CCc1cccc(C)c1NC(=O)CCCNC(=O)OCc1ccccc1. The molecule has 0 aliphatic heterocycles. The van der Waals surface area contributed by atoms with E-state index >= 15 is 0 Å². The number of carbonyl (C=O) groups excluding carboxylic acids is 2. The molecule has 2 rings (SSSR count). The highest BCUT2D eigenvalue weighted by molar-refractivity contribution is 5.92. The Labute approximate surface area is 154 Å². The van der Waals surface area contributed by atoms with Crippen molar-refractivity contribution in [2.45, 2.75) is 39.7 Å². The molecule has 2 aromatic carbocycles. The van der Waals surface area contributed by atoms with Crippen LogP contribution in [-0.2, 0) is 22.6 Å². The second-order valence-corrected chi connectivity index (χ2v) is 6.10. The van der Waals surface area contributed by atoms with Crippen molar-refractivity contribution in [3.8, 4) is 0 Å². The number of amides is 2. The molecule has 0 radical (unpaired) electrons. The van der Waals surface area contributed by atoms with Crippen LogP contribution >= 0.6 is 0 Å². The standard InChI is InChI=1S/C21H26N2O3/c1-3-18-12-7-9-16(2)20(18)23-19(24)13-8-14-22-21(25)26-15-17-10-5-4-6-11-17/h4-7,9-12H,3,8,13-15H2,1-2H3,(H,22,25)(H,23,24). The second-order valence-electron chi connectivity index (χ2n) is 6.10. The first kappa shape index (κ1) is 19.5. The summed E-state index contributed by atoms with van der Waals surface area (Å²) in [5.41, 5.74) is 4.02. The molecule has 2 aromatic rings. The van der Waals surface area contributed by atoms with Gasteiger partial charge in [-0.1, -0.05) is 55.5 Å². The third-order valence-electron chi connectivity index (χ3n) is 4.07. The van der Waals surface area contributed by atoms with Gasteiger partial charge < -0.3 is 15.4 Å². The monoisotopic (exact) mass is 354 g/mol. The Bertz CT molecular complexity index is 729. The first-order chi connectivity index (χ1) is 12.6. The van der Waals surface area contributed by atoms with E-state index in [-0.39, 0.29) is 12.5 Å². The molecule has 2 amide bonds. The molecule has 0 fully saturated rings. The fourth-order valence-corrected chi connectivity index (χ4v) is 2.62. The third-order valence-corrected chi connectivity index (χ3v) is 4.07. The van der Waals surface area contributed by atoms with Crippen molar-refractivity contribution in [1.29, 1.82) is 0 Å². The maximum atomic E-state index is 12.1. The Morgan fingerprint density at radius 2 is 1.81 bits per heavy atom. The zero-order valence-electron chi connectivity index (χ0n) is 15.4. The van der Waals surface area contributed by atoms with Crippen molar-refractivity contribution >= 4 is 17.7 Å². The van der Waals surface area contributed by atoms with Crippen molar-refractivity contribution < 1.29 is 14.3 Å². The third kappa shape index (κ3) is 6.24. The number of anilines is 1. The maximum absolute atomic E-state index is 12.1. The smallest absolute Gasteiger partial charge is 0.407 e. The van der Waals surface area contributed by atoms with Gasteiger partial charge in [0.1, 0.15) is 6.61 Å². The number of hydrogen-bond acceptors (Lipinski definition) is 3. The van der Waals surface area contributed by atoms with Crippen molar-refractivity contribution in [1.82, 2.24) is 5.32 Å². The van der Waals surface area contributed by atoms with Crippen LogP contribution in [0.4, 0.5) is 10.5 Å². The summed E-state index contributed by atoms with van der Waals surface area (Å²) >= 11 is 0. The molecule has 0 spiro atoms. The predicted octanol–water partition coefficient (Wildman–Crippen LogP) is 4.20. The van der Waals surface area contributed by atoms with E-state index in [1.807, 2.05) is 55.5 Å². The molecule has 5 heteroatoms. The lowest BCUT2D eigenvalue weighted by atomic mass is 10.1. The second kappa shape index (κ2) is 10.2. The number of alkyl carbamates (subject to hydrolysis) is 1. The van der Waals surface area contributed by atoms with Crippen LogP contribution in [0.5, 0.6) is 0 Å². The Morgan fingerprint density at radius 1 is 1.04 bits per heavy atom. The first-order valence-corrected chi connectivity index (χ1v) is 8.93. The van der Waals surface area contributed by atoms with Crippen molar-refractivity contribution in [3.05, 3.63) is 65.2 Å². The highest BCUT2D eigenvalue weighted by atomic mass is 16.5. The van der Waals surface area contributed by atoms with Gasteiger partial charge in [0.2, 0.25) is 5.91 Å². The molecule has 2 N–H and O–H groups in total. The fourth-order valence-electron chi connectivity index (χ4n) is 2.62. The molecule has 0 atom stereocenters. The number of carbonyl (C=O) groups is 2. The number of ether oxygens (including phenoxy) is 1. The molecule has 0 unspecified atom stereocenters. The van der Waals surface area contributed by atoms with Crippen LogP contribution in [0.25, 0.3) is 0 Å². The summed E-state index contributed by atoms with van der Waals surface area (Å²) in [5.74, 6) is -0.0477. The van der Waals surface area contributed by atoms with Crippen molar-refractivity contribution in [3.63, 3.8) is 0 Å². The van der Waals surface area contributed by atoms with Gasteiger partial charge in [-0.25, -0.2) is 4.79 Å². The molecule has 5 nitrogen and oxygen atoms in total. The number of benzene rings is 2. The molecule has 0 saturated heterocycles. The van der Waals surface area contributed by atoms with Gasteiger partial charge in [-0.3, -0.25) is 4.79 Å². The van der Waals surface area contributed by atoms with Crippen LogP contribution in [0.15, 0.2) is 48.5 Å². The molecule has 0 aliphatic carbocycles. The van der Waals surface area contributed by atoms with E-state index in [9.17, 15) is 9.59 Å². The van der Waals surface area contributed by atoms with Crippen LogP contribution in [0.1, 0.15) is 36.5 Å². The van der Waals surface area contributed by atoms with Gasteiger partial charge in [0.05, 0.1) is 0 Å². The van der Waals surface area contributed by atoms with Crippen LogP contribution in [0.2, 0.25) is 0 Å². The lowest BCUT2D eigenvalue weighted by Crippen LogP contribution is -2.26. The molecular formula is C21H26N2O3. The van der Waals surface area contributed by atoms with Gasteiger partial charge in [-0.2, -0.15) is 0 Å². The number of hydrogen-bond donors (Lipinski definition) is 2. The number of nitrogens with one attached hydrogen (secondary N) is 2. The largest absolute Gasteiger partial charge is 0.445 e. The zero-order valence-corrected chi connectivity index (χ0v) is 15.4. The molecule has 0 bridgehead atoms. The van der Waals surface area contributed by atoms with E-state index in [2.05, 4.69) is 17.6 Å². The van der Waals surface area contributed by atoms with Crippen LogP contribution in [-0.4, -0.2) is 18.5 Å². The van der Waals surface area contributed by atoms with E-state index in [1.165, 1.54) is 0 Å². The van der Waals surface area contributed by atoms with Crippen LogP contribution < -0.4 is 10.6 Å².